The van der Waals surface area contributed by atoms with Gasteiger partial charge in [-0.05, 0) is 40.6 Å². The number of benzene rings is 1. The molecule has 0 bridgehead atoms. The lowest BCUT2D eigenvalue weighted by molar-refractivity contribution is 0.0920. The maximum Gasteiger partial charge on any atom is 0.253 e. The Morgan fingerprint density at radius 1 is 1.27 bits per heavy atom. The minimum atomic E-state index is -0.218. The van der Waals surface area contributed by atoms with Crippen LogP contribution < -0.4 is 5.32 Å². The highest BCUT2D eigenvalue weighted by atomic mass is 16.1. The molecule has 2 atom stereocenters. The van der Waals surface area contributed by atoms with Crippen LogP contribution >= 0.6 is 0 Å². The summed E-state index contributed by atoms with van der Waals surface area (Å²) in [6, 6.07) is 11.1. The fourth-order valence-corrected chi connectivity index (χ4v) is 2.94. The number of carbonyl (C=O) groups is 1. The summed E-state index contributed by atoms with van der Waals surface area (Å²) in [6.45, 7) is 4.20. The molecule has 2 N–H and O–H groups in total. The van der Waals surface area contributed by atoms with Crippen molar-refractivity contribution in [3.63, 3.8) is 0 Å². The SMILES string of the molecule is CC[C@@H](C)[C@H](NC(=O)c1ccc2nnnn2c1)c1nc2ccccc2[nH]1. The van der Waals surface area contributed by atoms with Gasteiger partial charge in [0.2, 0.25) is 0 Å². The Balaban J connectivity index is 1.64. The third-order valence-electron chi connectivity index (χ3n) is 4.66. The summed E-state index contributed by atoms with van der Waals surface area (Å²) in [5.74, 6) is 0.793. The Labute approximate surface area is 149 Å². The van der Waals surface area contributed by atoms with Gasteiger partial charge in [0.05, 0.1) is 22.6 Å². The van der Waals surface area contributed by atoms with E-state index in [4.69, 9.17) is 0 Å². The molecule has 0 fully saturated rings. The summed E-state index contributed by atoms with van der Waals surface area (Å²) in [5.41, 5.74) is 2.94. The van der Waals surface area contributed by atoms with E-state index in [1.165, 1.54) is 4.52 Å². The summed E-state index contributed by atoms with van der Waals surface area (Å²) in [5, 5.41) is 14.4. The lowest BCUT2D eigenvalue weighted by Crippen LogP contribution is -2.33. The largest absolute Gasteiger partial charge is 0.342 e. The van der Waals surface area contributed by atoms with Crippen LogP contribution in [0.4, 0.5) is 0 Å². The van der Waals surface area contributed by atoms with Crippen LogP contribution in [0.25, 0.3) is 16.7 Å². The predicted molar refractivity (Wildman–Crippen MR) is 96.5 cm³/mol. The second-order valence-corrected chi connectivity index (χ2v) is 6.38. The Morgan fingerprint density at radius 2 is 2.12 bits per heavy atom. The smallest absolute Gasteiger partial charge is 0.253 e. The highest BCUT2D eigenvalue weighted by Gasteiger charge is 2.24. The fraction of sp³-hybridized carbons (Fsp3) is 0.278. The van der Waals surface area contributed by atoms with Gasteiger partial charge in [-0.3, -0.25) is 4.79 Å². The van der Waals surface area contributed by atoms with Crippen molar-refractivity contribution in [1.82, 2.24) is 35.3 Å². The van der Waals surface area contributed by atoms with Gasteiger partial charge in [-0.1, -0.05) is 32.4 Å². The number of hydrogen-bond donors (Lipinski definition) is 2. The van der Waals surface area contributed by atoms with Gasteiger partial charge in [-0.15, -0.1) is 5.10 Å². The molecule has 26 heavy (non-hydrogen) atoms. The van der Waals surface area contributed by atoms with E-state index in [1.807, 2.05) is 24.3 Å². The van der Waals surface area contributed by atoms with E-state index < -0.39 is 0 Å². The number of nitrogens with zero attached hydrogens (tertiary/aromatic N) is 5. The maximum atomic E-state index is 12.8. The Bertz CT molecular complexity index is 1030. The van der Waals surface area contributed by atoms with Crippen molar-refractivity contribution in [3.8, 4) is 0 Å². The molecule has 0 saturated heterocycles. The van der Waals surface area contributed by atoms with E-state index >= 15 is 0 Å². The van der Waals surface area contributed by atoms with Crippen molar-refractivity contribution in [1.29, 1.82) is 0 Å². The number of tetrazole rings is 1. The number of pyridine rings is 1. The van der Waals surface area contributed by atoms with Gasteiger partial charge in [0, 0.05) is 6.20 Å². The van der Waals surface area contributed by atoms with Crippen molar-refractivity contribution >= 4 is 22.6 Å². The molecule has 1 amide bonds. The van der Waals surface area contributed by atoms with Gasteiger partial charge in [0.25, 0.3) is 5.91 Å². The van der Waals surface area contributed by atoms with E-state index in [0.717, 1.165) is 23.3 Å². The number of amides is 1. The van der Waals surface area contributed by atoms with Gasteiger partial charge in [-0.25, -0.2) is 4.98 Å². The highest BCUT2D eigenvalue weighted by Crippen LogP contribution is 2.25. The van der Waals surface area contributed by atoms with Crippen LogP contribution in [-0.2, 0) is 0 Å². The number of rotatable bonds is 5. The summed E-state index contributed by atoms with van der Waals surface area (Å²) >= 11 is 0. The zero-order valence-electron chi connectivity index (χ0n) is 14.5. The Hall–Kier alpha value is -3.29. The molecule has 4 aromatic rings. The molecular formula is C18H19N7O. The molecule has 0 saturated carbocycles. The van der Waals surface area contributed by atoms with Crippen LogP contribution in [0.3, 0.4) is 0 Å². The molecule has 8 nitrogen and oxygen atoms in total. The van der Waals surface area contributed by atoms with Crippen LogP contribution in [0, 0.1) is 5.92 Å². The van der Waals surface area contributed by atoms with Gasteiger partial charge < -0.3 is 10.3 Å². The molecule has 0 unspecified atom stereocenters. The molecule has 0 spiro atoms. The first-order valence-electron chi connectivity index (χ1n) is 8.59. The molecule has 4 rings (SSSR count). The molecule has 132 valence electrons. The third-order valence-corrected chi connectivity index (χ3v) is 4.66. The second-order valence-electron chi connectivity index (χ2n) is 6.38. The molecular weight excluding hydrogens is 330 g/mol. The number of carbonyl (C=O) groups excluding carboxylic acids is 1. The molecule has 0 aliphatic carbocycles. The van der Waals surface area contributed by atoms with E-state index in [0.29, 0.717) is 11.2 Å². The molecule has 0 aliphatic heterocycles. The number of aromatic nitrogens is 6. The lowest BCUT2D eigenvalue weighted by atomic mass is 9.98. The number of aromatic amines is 1. The van der Waals surface area contributed by atoms with Crippen LogP contribution in [0.15, 0.2) is 42.6 Å². The normalized spacial score (nSPS) is 13.8. The molecule has 0 aliphatic rings. The number of hydrogen-bond acceptors (Lipinski definition) is 5. The van der Waals surface area contributed by atoms with Crippen LogP contribution in [0.2, 0.25) is 0 Å². The molecule has 8 heteroatoms. The molecule has 1 aromatic carbocycles. The van der Waals surface area contributed by atoms with E-state index in [2.05, 4.69) is 44.7 Å². The number of para-hydroxylation sites is 2. The summed E-state index contributed by atoms with van der Waals surface area (Å²) in [4.78, 5) is 20.8. The number of imidazole rings is 1. The van der Waals surface area contributed by atoms with Crippen molar-refractivity contribution in [2.45, 2.75) is 26.3 Å². The quantitative estimate of drug-likeness (QED) is 0.576. The average molecular weight is 349 g/mol. The van der Waals surface area contributed by atoms with E-state index in [9.17, 15) is 4.79 Å². The van der Waals surface area contributed by atoms with Crippen molar-refractivity contribution in [3.05, 3.63) is 54.0 Å². The monoisotopic (exact) mass is 349 g/mol. The topological polar surface area (TPSA) is 101 Å². The average Bonchev–Trinajstić information content (AvgIpc) is 3.30. The molecule has 3 heterocycles. The van der Waals surface area contributed by atoms with E-state index in [1.54, 1.807) is 18.3 Å². The van der Waals surface area contributed by atoms with Crippen molar-refractivity contribution in [2.24, 2.45) is 5.92 Å². The van der Waals surface area contributed by atoms with Gasteiger partial charge in [-0.2, -0.15) is 4.52 Å². The summed E-state index contributed by atoms with van der Waals surface area (Å²) in [7, 11) is 0. The first-order chi connectivity index (χ1) is 12.7. The number of nitrogens with one attached hydrogen (secondary N) is 2. The molecule has 0 radical (unpaired) electrons. The second kappa shape index (κ2) is 6.55. The van der Waals surface area contributed by atoms with Gasteiger partial charge >= 0.3 is 0 Å². The first kappa shape index (κ1) is 16.2. The zero-order chi connectivity index (χ0) is 18.1. The van der Waals surface area contributed by atoms with Gasteiger partial charge in [0.1, 0.15) is 5.82 Å². The summed E-state index contributed by atoms with van der Waals surface area (Å²) in [6.07, 6.45) is 2.53. The third kappa shape index (κ3) is 2.90. The predicted octanol–water partition coefficient (Wildman–Crippen LogP) is 2.52. The minimum Gasteiger partial charge on any atom is -0.342 e. The Morgan fingerprint density at radius 3 is 2.92 bits per heavy atom. The van der Waals surface area contributed by atoms with Crippen molar-refractivity contribution in [2.75, 3.05) is 0 Å². The van der Waals surface area contributed by atoms with Gasteiger partial charge in [0.15, 0.2) is 5.65 Å². The number of fused-ring (bicyclic) bond motifs is 2. The molecule has 3 aromatic heterocycles. The highest BCUT2D eigenvalue weighted by molar-refractivity contribution is 5.94. The first-order valence-corrected chi connectivity index (χ1v) is 8.59. The Kier molecular flexibility index (Phi) is 4.08. The zero-order valence-corrected chi connectivity index (χ0v) is 14.5. The lowest BCUT2D eigenvalue weighted by Gasteiger charge is -2.22. The van der Waals surface area contributed by atoms with Crippen LogP contribution in [-0.4, -0.2) is 35.9 Å². The van der Waals surface area contributed by atoms with E-state index in [-0.39, 0.29) is 17.9 Å². The minimum absolute atomic E-state index is 0.187. The standard InChI is InChI=1S/C18H19N7O/c1-3-11(2)16(17-19-13-6-4-5-7-14(13)20-17)21-18(26)12-8-9-15-22-23-24-25(15)10-12/h4-11,16H,3H2,1-2H3,(H,19,20)(H,21,26)/t11-,16+/m1/s1. The number of H-pyrrole nitrogens is 1. The van der Waals surface area contributed by atoms with Crippen LogP contribution in [0.1, 0.15) is 42.5 Å². The maximum absolute atomic E-state index is 12.8. The summed E-state index contributed by atoms with van der Waals surface area (Å²) < 4.78 is 1.48. The van der Waals surface area contributed by atoms with Crippen molar-refractivity contribution < 1.29 is 4.79 Å². The fourth-order valence-electron chi connectivity index (χ4n) is 2.94. The van der Waals surface area contributed by atoms with Crippen LogP contribution in [0.5, 0.6) is 0 Å².